The standard InChI is InChI=1S/C18H33N3O3/c1-14-5-3-6-15(11-14)12-19-18(24)21-9-4-7-16(8-10-21)20(2)13-17(22)23/h14-16H,3-13H2,1-2H3,(H,19,24)(H,22,23). The molecule has 6 nitrogen and oxygen atoms in total. The van der Waals surface area contributed by atoms with Crippen LogP contribution < -0.4 is 5.32 Å². The Labute approximate surface area is 145 Å². The Morgan fingerprint density at radius 3 is 2.67 bits per heavy atom. The van der Waals surface area contributed by atoms with Gasteiger partial charge in [-0.15, -0.1) is 0 Å². The lowest BCUT2D eigenvalue weighted by Gasteiger charge is -2.28. The molecule has 2 amide bonds. The monoisotopic (exact) mass is 339 g/mol. The fourth-order valence-corrected chi connectivity index (χ4v) is 4.15. The van der Waals surface area contributed by atoms with Crippen molar-refractivity contribution in [3.63, 3.8) is 0 Å². The van der Waals surface area contributed by atoms with E-state index in [0.29, 0.717) is 12.5 Å². The number of urea groups is 1. The van der Waals surface area contributed by atoms with E-state index < -0.39 is 5.97 Å². The van der Waals surface area contributed by atoms with Crippen LogP contribution >= 0.6 is 0 Å². The Kier molecular flexibility index (Phi) is 7.34. The number of aliphatic carboxylic acids is 1. The van der Waals surface area contributed by atoms with Gasteiger partial charge in [-0.1, -0.05) is 19.8 Å². The molecule has 0 spiro atoms. The van der Waals surface area contributed by atoms with Gasteiger partial charge in [0.25, 0.3) is 0 Å². The Hall–Kier alpha value is -1.30. The van der Waals surface area contributed by atoms with Crippen LogP contribution in [0.5, 0.6) is 0 Å². The minimum Gasteiger partial charge on any atom is -0.480 e. The molecule has 3 unspecified atom stereocenters. The Balaban J connectivity index is 1.74. The van der Waals surface area contributed by atoms with E-state index in [0.717, 1.165) is 38.3 Å². The third kappa shape index (κ3) is 5.96. The topological polar surface area (TPSA) is 72.9 Å². The minimum absolute atomic E-state index is 0.0507. The summed E-state index contributed by atoms with van der Waals surface area (Å²) in [6.07, 6.45) is 7.79. The quantitative estimate of drug-likeness (QED) is 0.807. The van der Waals surface area contributed by atoms with E-state index in [-0.39, 0.29) is 18.6 Å². The second kappa shape index (κ2) is 9.25. The molecule has 2 fully saturated rings. The van der Waals surface area contributed by atoms with E-state index in [1.165, 1.54) is 25.7 Å². The van der Waals surface area contributed by atoms with E-state index >= 15 is 0 Å². The van der Waals surface area contributed by atoms with Crippen molar-refractivity contribution < 1.29 is 14.7 Å². The molecule has 0 radical (unpaired) electrons. The molecule has 2 rings (SSSR count). The molecule has 0 aromatic heterocycles. The van der Waals surface area contributed by atoms with Gasteiger partial charge >= 0.3 is 12.0 Å². The number of hydrogen-bond acceptors (Lipinski definition) is 3. The molecule has 0 bridgehead atoms. The van der Waals surface area contributed by atoms with E-state index in [9.17, 15) is 9.59 Å². The zero-order valence-electron chi connectivity index (χ0n) is 15.2. The van der Waals surface area contributed by atoms with Gasteiger partial charge in [0.15, 0.2) is 0 Å². The Bertz CT molecular complexity index is 430. The first-order chi connectivity index (χ1) is 11.5. The number of hydrogen-bond donors (Lipinski definition) is 2. The summed E-state index contributed by atoms with van der Waals surface area (Å²) >= 11 is 0. The van der Waals surface area contributed by atoms with Crippen molar-refractivity contribution in [1.29, 1.82) is 0 Å². The van der Waals surface area contributed by atoms with Gasteiger partial charge in [-0.25, -0.2) is 4.79 Å². The third-order valence-electron chi connectivity index (χ3n) is 5.58. The summed E-state index contributed by atoms with van der Waals surface area (Å²) in [4.78, 5) is 27.1. The molecule has 138 valence electrons. The number of carbonyl (C=O) groups is 2. The average molecular weight is 339 g/mol. The second-order valence-electron chi connectivity index (χ2n) is 7.70. The van der Waals surface area contributed by atoms with Crippen molar-refractivity contribution in [3.8, 4) is 0 Å². The van der Waals surface area contributed by atoms with Gasteiger partial charge in [-0.2, -0.15) is 0 Å². The number of amides is 2. The van der Waals surface area contributed by atoms with Crippen LogP contribution in [0.25, 0.3) is 0 Å². The number of carboxylic acid groups (broad SMARTS) is 1. The highest BCUT2D eigenvalue weighted by atomic mass is 16.4. The van der Waals surface area contributed by atoms with Crippen LogP contribution in [0.15, 0.2) is 0 Å². The van der Waals surface area contributed by atoms with Gasteiger partial charge < -0.3 is 15.3 Å². The maximum Gasteiger partial charge on any atom is 0.317 e. The molecule has 2 N–H and O–H groups in total. The predicted octanol–water partition coefficient (Wildman–Crippen LogP) is 2.39. The van der Waals surface area contributed by atoms with E-state index in [1.807, 2.05) is 16.8 Å². The summed E-state index contributed by atoms with van der Waals surface area (Å²) in [7, 11) is 1.86. The lowest BCUT2D eigenvalue weighted by molar-refractivity contribution is -0.138. The number of likely N-dealkylation sites (N-methyl/N-ethyl adjacent to an activating group) is 1. The molecule has 3 atom stereocenters. The highest BCUT2D eigenvalue weighted by Gasteiger charge is 2.25. The van der Waals surface area contributed by atoms with Gasteiger partial charge in [-0.3, -0.25) is 9.69 Å². The molecule has 1 aliphatic carbocycles. The Morgan fingerprint density at radius 2 is 1.96 bits per heavy atom. The number of rotatable bonds is 5. The van der Waals surface area contributed by atoms with Crippen LogP contribution in [0, 0.1) is 11.8 Å². The molecule has 24 heavy (non-hydrogen) atoms. The molecule has 1 saturated carbocycles. The lowest BCUT2D eigenvalue weighted by Crippen LogP contribution is -2.43. The molecule has 1 saturated heterocycles. The van der Waals surface area contributed by atoms with Gasteiger partial charge in [0.1, 0.15) is 0 Å². The number of nitrogens with zero attached hydrogens (tertiary/aromatic N) is 2. The van der Waals surface area contributed by atoms with Crippen LogP contribution in [-0.4, -0.2) is 66.2 Å². The molecule has 6 heteroatoms. The van der Waals surface area contributed by atoms with Crippen LogP contribution in [0.3, 0.4) is 0 Å². The molecule has 2 aliphatic rings. The predicted molar refractivity (Wildman–Crippen MR) is 94.0 cm³/mol. The van der Waals surface area contributed by atoms with Gasteiger partial charge in [-0.05, 0) is 51.0 Å². The normalized spacial score (nSPS) is 28.5. The van der Waals surface area contributed by atoms with Gasteiger partial charge in [0.2, 0.25) is 0 Å². The summed E-state index contributed by atoms with van der Waals surface area (Å²) in [5.74, 6) is 0.613. The highest BCUT2D eigenvalue weighted by molar-refractivity contribution is 5.74. The highest BCUT2D eigenvalue weighted by Crippen LogP contribution is 2.28. The van der Waals surface area contributed by atoms with E-state index in [1.54, 1.807) is 0 Å². The zero-order valence-corrected chi connectivity index (χ0v) is 15.2. The first-order valence-corrected chi connectivity index (χ1v) is 9.40. The summed E-state index contributed by atoms with van der Waals surface area (Å²) in [5.41, 5.74) is 0. The number of nitrogens with one attached hydrogen (secondary N) is 1. The Morgan fingerprint density at radius 1 is 1.17 bits per heavy atom. The van der Waals surface area contributed by atoms with Gasteiger partial charge in [0, 0.05) is 25.7 Å². The second-order valence-corrected chi connectivity index (χ2v) is 7.70. The third-order valence-corrected chi connectivity index (χ3v) is 5.58. The molecule has 1 heterocycles. The van der Waals surface area contributed by atoms with Crippen molar-refractivity contribution in [2.75, 3.05) is 33.2 Å². The molecular weight excluding hydrogens is 306 g/mol. The maximum atomic E-state index is 12.4. The summed E-state index contributed by atoms with van der Waals surface area (Å²) in [6, 6.07) is 0.299. The number of likely N-dealkylation sites (tertiary alicyclic amines) is 1. The van der Waals surface area contributed by atoms with Crippen molar-refractivity contribution >= 4 is 12.0 Å². The minimum atomic E-state index is -0.793. The average Bonchev–Trinajstić information content (AvgIpc) is 2.78. The summed E-state index contributed by atoms with van der Waals surface area (Å²) in [5, 5.41) is 12.0. The smallest absolute Gasteiger partial charge is 0.317 e. The molecule has 0 aromatic carbocycles. The summed E-state index contributed by atoms with van der Waals surface area (Å²) in [6.45, 7) is 4.64. The first kappa shape index (κ1) is 19.0. The molecule has 1 aliphatic heterocycles. The van der Waals surface area contributed by atoms with Gasteiger partial charge in [0.05, 0.1) is 6.54 Å². The van der Waals surface area contributed by atoms with E-state index in [4.69, 9.17) is 5.11 Å². The largest absolute Gasteiger partial charge is 0.480 e. The lowest BCUT2D eigenvalue weighted by atomic mass is 9.82. The van der Waals surface area contributed by atoms with Crippen LogP contribution in [0.4, 0.5) is 4.79 Å². The molecular formula is C18H33N3O3. The molecule has 0 aromatic rings. The summed E-state index contributed by atoms with van der Waals surface area (Å²) < 4.78 is 0. The van der Waals surface area contributed by atoms with Crippen LogP contribution in [0.1, 0.15) is 51.9 Å². The fraction of sp³-hybridized carbons (Fsp3) is 0.889. The fourth-order valence-electron chi connectivity index (χ4n) is 4.15. The van der Waals surface area contributed by atoms with Crippen molar-refractivity contribution in [1.82, 2.24) is 15.1 Å². The number of carbonyl (C=O) groups excluding carboxylic acids is 1. The maximum absolute atomic E-state index is 12.4. The van der Waals surface area contributed by atoms with E-state index in [2.05, 4.69) is 12.2 Å². The first-order valence-electron chi connectivity index (χ1n) is 9.40. The number of carboxylic acids is 1. The van der Waals surface area contributed by atoms with Crippen molar-refractivity contribution in [2.24, 2.45) is 11.8 Å². The zero-order chi connectivity index (χ0) is 17.5. The SMILES string of the molecule is CC1CCCC(CNC(=O)N2CCCC(N(C)CC(=O)O)CC2)C1. The van der Waals surface area contributed by atoms with Crippen molar-refractivity contribution in [2.45, 2.75) is 57.9 Å². The van der Waals surface area contributed by atoms with Crippen LogP contribution in [-0.2, 0) is 4.79 Å². The van der Waals surface area contributed by atoms with Crippen molar-refractivity contribution in [3.05, 3.63) is 0 Å². The van der Waals surface area contributed by atoms with Crippen LogP contribution in [0.2, 0.25) is 0 Å².